The maximum atomic E-state index is 11.8. The van der Waals surface area contributed by atoms with Crippen LogP contribution in [0, 0.1) is 5.41 Å². The Morgan fingerprint density at radius 3 is 2.16 bits per heavy atom. The second-order valence-electron chi connectivity index (χ2n) is 7.05. The van der Waals surface area contributed by atoms with Crippen LogP contribution in [0.15, 0.2) is 60.7 Å². The fourth-order valence-corrected chi connectivity index (χ4v) is 3.15. The second kappa shape index (κ2) is 8.17. The molecule has 1 fully saturated rings. The summed E-state index contributed by atoms with van der Waals surface area (Å²) >= 11 is 0. The van der Waals surface area contributed by atoms with Crippen LogP contribution in [-0.2, 0) is 22.7 Å². The third kappa shape index (κ3) is 5.33. The van der Waals surface area contributed by atoms with Crippen molar-refractivity contribution >= 4 is 6.09 Å². The molecular formula is C21H25NO3. The highest BCUT2D eigenvalue weighted by molar-refractivity contribution is 5.67. The molecule has 3 rings (SSSR count). The van der Waals surface area contributed by atoms with Crippen LogP contribution in [0.2, 0.25) is 0 Å². The Hall–Kier alpha value is -2.33. The second-order valence-corrected chi connectivity index (χ2v) is 7.05. The first kappa shape index (κ1) is 17.5. The fraction of sp³-hybridized carbons (Fsp3) is 0.381. The highest BCUT2D eigenvalue weighted by atomic mass is 16.5. The molecule has 0 saturated heterocycles. The number of carbonyl (C=O) groups excluding carboxylic acids is 1. The van der Waals surface area contributed by atoms with Gasteiger partial charge in [-0.25, -0.2) is 4.79 Å². The van der Waals surface area contributed by atoms with Crippen molar-refractivity contribution in [2.24, 2.45) is 5.41 Å². The van der Waals surface area contributed by atoms with Gasteiger partial charge in [0.2, 0.25) is 0 Å². The van der Waals surface area contributed by atoms with Gasteiger partial charge in [0.25, 0.3) is 0 Å². The first-order valence-electron chi connectivity index (χ1n) is 8.73. The van der Waals surface area contributed by atoms with Gasteiger partial charge in [0.1, 0.15) is 6.61 Å². The van der Waals surface area contributed by atoms with Crippen LogP contribution in [-0.4, -0.2) is 18.7 Å². The van der Waals surface area contributed by atoms with E-state index in [4.69, 9.17) is 9.47 Å². The fourth-order valence-electron chi connectivity index (χ4n) is 3.15. The minimum atomic E-state index is -0.362. The van der Waals surface area contributed by atoms with Crippen LogP contribution < -0.4 is 5.32 Å². The molecule has 1 amide bonds. The molecule has 0 atom stereocenters. The molecule has 0 aromatic heterocycles. The normalized spacial score (nSPS) is 22.0. The van der Waals surface area contributed by atoms with Crippen LogP contribution in [0.3, 0.4) is 0 Å². The lowest BCUT2D eigenvalue weighted by molar-refractivity contribution is -0.0795. The Morgan fingerprint density at radius 1 is 1.00 bits per heavy atom. The zero-order valence-corrected chi connectivity index (χ0v) is 14.6. The molecule has 25 heavy (non-hydrogen) atoms. The van der Waals surface area contributed by atoms with Gasteiger partial charge in [0, 0.05) is 6.54 Å². The maximum absolute atomic E-state index is 11.8. The summed E-state index contributed by atoms with van der Waals surface area (Å²) in [6.07, 6.45) is 1.82. The number of nitrogens with one attached hydrogen (secondary N) is 1. The molecule has 1 aliphatic rings. The number of rotatable bonds is 7. The van der Waals surface area contributed by atoms with Gasteiger partial charge in [0.15, 0.2) is 0 Å². The molecule has 2 aromatic rings. The SMILES string of the molecule is CC1(CNC(=O)OCc2ccccc2)CC(OCc2ccccc2)C1. The molecule has 1 saturated carbocycles. The first-order valence-corrected chi connectivity index (χ1v) is 8.73. The summed E-state index contributed by atoms with van der Waals surface area (Å²) < 4.78 is 11.2. The molecule has 1 N–H and O–H groups in total. The first-order chi connectivity index (χ1) is 12.1. The van der Waals surface area contributed by atoms with E-state index < -0.39 is 0 Å². The Balaban J connectivity index is 1.32. The predicted molar refractivity (Wildman–Crippen MR) is 97.0 cm³/mol. The van der Waals surface area contributed by atoms with Gasteiger partial charge in [-0.05, 0) is 29.4 Å². The summed E-state index contributed by atoms with van der Waals surface area (Å²) in [7, 11) is 0. The van der Waals surface area contributed by atoms with Gasteiger partial charge < -0.3 is 14.8 Å². The summed E-state index contributed by atoms with van der Waals surface area (Å²) in [6, 6.07) is 19.9. The highest BCUT2D eigenvalue weighted by Gasteiger charge is 2.41. The number of amides is 1. The third-order valence-corrected chi connectivity index (χ3v) is 4.64. The predicted octanol–water partition coefficient (Wildman–Crippen LogP) is 4.30. The lowest BCUT2D eigenvalue weighted by atomic mass is 9.68. The largest absolute Gasteiger partial charge is 0.445 e. The van der Waals surface area contributed by atoms with E-state index in [9.17, 15) is 4.79 Å². The van der Waals surface area contributed by atoms with Gasteiger partial charge in [-0.2, -0.15) is 0 Å². The number of hydrogen-bond donors (Lipinski definition) is 1. The lowest BCUT2D eigenvalue weighted by Gasteiger charge is -2.44. The van der Waals surface area contributed by atoms with Gasteiger partial charge in [0.05, 0.1) is 12.7 Å². The van der Waals surface area contributed by atoms with E-state index in [2.05, 4.69) is 24.4 Å². The quantitative estimate of drug-likeness (QED) is 0.818. The van der Waals surface area contributed by atoms with E-state index in [0.29, 0.717) is 19.8 Å². The number of benzene rings is 2. The highest BCUT2D eigenvalue weighted by Crippen LogP contribution is 2.42. The average Bonchev–Trinajstić information content (AvgIpc) is 2.63. The molecule has 0 unspecified atom stereocenters. The molecule has 0 aliphatic heterocycles. The molecule has 0 radical (unpaired) electrons. The standard InChI is InChI=1S/C21H25NO3/c1-21(12-19(13-21)24-14-17-8-4-2-5-9-17)16-22-20(23)25-15-18-10-6-3-7-11-18/h2-11,19H,12-16H2,1H3,(H,22,23). The van der Waals surface area contributed by atoms with E-state index in [1.165, 1.54) is 5.56 Å². The van der Waals surface area contributed by atoms with Gasteiger partial charge in [-0.3, -0.25) is 0 Å². The zero-order chi connectivity index (χ0) is 17.5. The molecule has 1 aliphatic carbocycles. The number of alkyl carbamates (subject to hydrolysis) is 1. The summed E-state index contributed by atoms with van der Waals surface area (Å²) in [5.41, 5.74) is 2.27. The van der Waals surface area contributed by atoms with Crippen molar-refractivity contribution in [2.45, 2.75) is 39.1 Å². The number of hydrogen-bond acceptors (Lipinski definition) is 3. The Labute approximate surface area is 149 Å². The summed E-state index contributed by atoms with van der Waals surface area (Å²) in [4.78, 5) is 11.8. The van der Waals surface area contributed by atoms with Gasteiger partial charge in [-0.1, -0.05) is 67.6 Å². The van der Waals surface area contributed by atoms with Crippen molar-refractivity contribution in [1.82, 2.24) is 5.32 Å². The Kier molecular flexibility index (Phi) is 5.71. The molecule has 132 valence electrons. The zero-order valence-electron chi connectivity index (χ0n) is 14.6. The van der Waals surface area contributed by atoms with Crippen molar-refractivity contribution in [3.63, 3.8) is 0 Å². The lowest BCUT2D eigenvalue weighted by Crippen LogP contribution is -2.47. The van der Waals surface area contributed by atoms with Crippen molar-refractivity contribution in [3.05, 3.63) is 71.8 Å². The van der Waals surface area contributed by atoms with E-state index in [1.54, 1.807) is 0 Å². The van der Waals surface area contributed by atoms with E-state index in [1.807, 2.05) is 48.5 Å². The minimum Gasteiger partial charge on any atom is -0.445 e. The molecule has 2 aromatic carbocycles. The van der Waals surface area contributed by atoms with E-state index >= 15 is 0 Å². The van der Waals surface area contributed by atoms with E-state index in [0.717, 1.165) is 18.4 Å². The molecule has 4 nitrogen and oxygen atoms in total. The Morgan fingerprint density at radius 2 is 1.56 bits per heavy atom. The number of ether oxygens (including phenoxy) is 2. The van der Waals surface area contributed by atoms with Crippen molar-refractivity contribution in [1.29, 1.82) is 0 Å². The summed E-state index contributed by atoms with van der Waals surface area (Å²) in [6.45, 7) is 3.74. The van der Waals surface area contributed by atoms with Gasteiger partial charge >= 0.3 is 6.09 Å². The third-order valence-electron chi connectivity index (χ3n) is 4.64. The van der Waals surface area contributed by atoms with Crippen molar-refractivity contribution < 1.29 is 14.3 Å². The van der Waals surface area contributed by atoms with Crippen LogP contribution >= 0.6 is 0 Å². The van der Waals surface area contributed by atoms with Gasteiger partial charge in [-0.15, -0.1) is 0 Å². The maximum Gasteiger partial charge on any atom is 0.407 e. The van der Waals surface area contributed by atoms with Crippen molar-refractivity contribution in [3.8, 4) is 0 Å². The van der Waals surface area contributed by atoms with Crippen molar-refractivity contribution in [2.75, 3.05) is 6.54 Å². The molecule has 0 spiro atoms. The van der Waals surface area contributed by atoms with Crippen LogP contribution in [0.1, 0.15) is 30.9 Å². The Bertz CT molecular complexity index is 666. The van der Waals surface area contributed by atoms with Crippen LogP contribution in [0.25, 0.3) is 0 Å². The smallest absolute Gasteiger partial charge is 0.407 e. The summed E-state index contributed by atoms with van der Waals surface area (Å²) in [5, 5.41) is 2.87. The topological polar surface area (TPSA) is 47.6 Å². The monoisotopic (exact) mass is 339 g/mol. The molecule has 0 heterocycles. The summed E-state index contributed by atoms with van der Waals surface area (Å²) in [5.74, 6) is 0. The number of carbonyl (C=O) groups is 1. The average molecular weight is 339 g/mol. The molecule has 0 bridgehead atoms. The van der Waals surface area contributed by atoms with E-state index in [-0.39, 0.29) is 17.6 Å². The van der Waals surface area contributed by atoms with Crippen LogP contribution in [0.4, 0.5) is 4.79 Å². The van der Waals surface area contributed by atoms with Crippen LogP contribution in [0.5, 0.6) is 0 Å². The minimum absolute atomic E-state index is 0.0904. The molecule has 4 heteroatoms. The molecular weight excluding hydrogens is 314 g/mol.